The van der Waals surface area contributed by atoms with Crippen molar-refractivity contribution >= 4 is 17.4 Å². The summed E-state index contributed by atoms with van der Waals surface area (Å²) < 4.78 is 236. The van der Waals surface area contributed by atoms with Gasteiger partial charge in [-0.1, -0.05) is 0 Å². The van der Waals surface area contributed by atoms with Crippen molar-refractivity contribution in [2.75, 3.05) is 13.2 Å². The van der Waals surface area contributed by atoms with E-state index in [0.717, 1.165) is 0 Å². The topological polar surface area (TPSA) is 36.9 Å². The smallest absolute Gasteiger partial charge is 0.458 e. The lowest BCUT2D eigenvalue weighted by Crippen LogP contribution is -2.67. The van der Waals surface area contributed by atoms with Gasteiger partial charge < -0.3 is 8.85 Å². The number of ether oxygens (including phenoxy) is 3. The average Bonchev–Trinajstić information content (AvgIpc) is 2.62. The molecule has 0 aliphatic rings. The zero-order valence-corrected chi connectivity index (χ0v) is 22.1. The maximum Gasteiger partial charge on any atom is 0.462 e. The molecular weight excluding hydrogens is 635 g/mol. The van der Waals surface area contributed by atoms with Crippen LogP contribution in [0.25, 0.3) is 0 Å². The van der Waals surface area contributed by atoms with Gasteiger partial charge in [-0.05, 0) is 38.7 Å². The summed E-state index contributed by atoms with van der Waals surface area (Å²) in [6.07, 6.45) is -37.9. The van der Waals surface area contributed by atoms with Crippen LogP contribution in [-0.4, -0.2) is 78.9 Å². The maximum atomic E-state index is 14.3. The summed E-state index contributed by atoms with van der Waals surface area (Å²) in [7, 11) is -4.01. The standard InChI is InChI=1S/C16H21F17O4Si2/c1-38(2)37-39(3,4)7-5-6-34-8-9(17,12(21,22)23)35-16(32,33)11(20,14(27,28)29)36-15(30,31)10(18,19)13(24,25)26/h38H,5-8H2,1-4H3. The lowest BCUT2D eigenvalue weighted by atomic mass is 10.2. The Hall–Kier alpha value is -0.916. The molecule has 0 bridgehead atoms. The molecule has 2 atom stereocenters. The zero-order valence-electron chi connectivity index (χ0n) is 20.0. The fraction of sp³-hybridized carbons (Fsp3) is 1.00. The minimum atomic E-state index is -7.89. The van der Waals surface area contributed by atoms with Crippen LogP contribution < -0.4 is 0 Å². The molecule has 236 valence electrons. The Kier molecular flexibility index (Phi) is 11.5. The lowest BCUT2D eigenvalue weighted by Gasteiger charge is -2.40. The first kappa shape index (κ1) is 38.1. The number of halogens is 17. The Morgan fingerprint density at radius 2 is 1.08 bits per heavy atom. The Labute approximate surface area is 211 Å². The second kappa shape index (κ2) is 11.8. The van der Waals surface area contributed by atoms with Crippen LogP contribution in [0.4, 0.5) is 74.6 Å². The van der Waals surface area contributed by atoms with E-state index in [1.807, 2.05) is 0 Å². The van der Waals surface area contributed by atoms with E-state index in [1.54, 1.807) is 26.2 Å². The van der Waals surface area contributed by atoms with Crippen molar-refractivity contribution in [2.24, 2.45) is 0 Å². The summed E-state index contributed by atoms with van der Waals surface area (Å²) in [5, 5.41) is 0. The largest absolute Gasteiger partial charge is 0.462 e. The molecule has 0 heterocycles. The van der Waals surface area contributed by atoms with Crippen LogP contribution in [0, 0.1) is 0 Å². The molecular formula is C16H21F17O4Si2. The van der Waals surface area contributed by atoms with Crippen LogP contribution in [0.15, 0.2) is 0 Å². The highest BCUT2D eigenvalue weighted by Crippen LogP contribution is 2.56. The minimum Gasteiger partial charge on any atom is -0.458 e. The van der Waals surface area contributed by atoms with E-state index < -0.39 is 78.9 Å². The Morgan fingerprint density at radius 3 is 1.44 bits per heavy atom. The van der Waals surface area contributed by atoms with Gasteiger partial charge in [0.2, 0.25) is 0 Å². The summed E-state index contributed by atoms with van der Waals surface area (Å²) >= 11 is 0. The maximum absolute atomic E-state index is 14.3. The summed E-state index contributed by atoms with van der Waals surface area (Å²) in [4.78, 5) is 0. The van der Waals surface area contributed by atoms with Gasteiger partial charge in [0.25, 0.3) is 0 Å². The molecule has 0 aromatic rings. The van der Waals surface area contributed by atoms with Crippen LogP contribution in [0.2, 0.25) is 32.2 Å². The number of hydrogen-bond donors (Lipinski definition) is 0. The molecule has 0 amide bonds. The van der Waals surface area contributed by atoms with Crippen molar-refractivity contribution in [3.05, 3.63) is 0 Å². The van der Waals surface area contributed by atoms with Crippen LogP contribution in [0.1, 0.15) is 6.42 Å². The van der Waals surface area contributed by atoms with Gasteiger partial charge in [-0.25, -0.2) is 0 Å². The molecule has 0 aromatic heterocycles. The first-order chi connectivity index (χ1) is 16.8. The highest BCUT2D eigenvalue weighted by Gasteiger charge is 2.85. The zero-order chi connectivity index (χ0) is 31.7. The first-order valence-corrected chi connectivity index (χ1v) is 16.1. The molecule has 39 heavy (non-hydrogen) atoms. The molecule has 0 aliphatic carbocycles. The third-order valence-corrected chi connectivity index (χ3v) is 10.3. The first-order valence-electron chi connectivity index (χ1n) is 10.2. The SMILES string of the molecule is C[SiH](C)O[Si](C)(C)CCCOCC(F)(OC(F)(F)C(F)(OC(F)(F)C(F)(F)C(F)(F)F)C(F)(F)F)C(F)(F)F. The van der Waals surface area contributed by atoms with E-state index in [4.69, 9.17) is 4.12 Å². The molecule has 0 radical (unpaired) electrons. The van der Waals surface area contributed by atoms with Crippen molar-refractivity contribution in [2.45, 2.75) is 87.0 Å². The molecule has 0 fully saturated rings. The van der Waals surface area contributed by atoms with Gasteiger partial charge in [0.1, 0.15) is 6.61 Å². The van der Waals surface area contributed by atoms with E-state index in [1.165, 1.54) is 4.74 Å². The summed E-state index contributed by atoms with van der Waals surface area (Å²) in [5.41, 5.74) is 0. The van der Waals surface area contributed by atoms with Gasteiger partial charge in [0, 0.05) is 6.61 Å². The van der Waals surface area contributed by atoms with Gasteiger partial charge >= 0.3 is 48.4 Å². The Morgan fingerprint density at radius 1 is 0.615 bits per heavy atom. The predicted molar refractivity (Wildman–Crippen MR) is 101 cm³/mol. The highest BCUT2D eigenvalue weighted by molar-refractivity contribution is 6.77. The normalized spacial score (nSPS) is 18.3. The molecule has 4 nitrogen and oxygen atoms in total. The van der Waals surface area contributed by atoms with Gasteiger partial charge in [-0.15, -0.1) is 0 Å². The van der Waals surface area contributed by atoms with E-state index in [2.05, 4.69) is 9.47 Å². The monoisotopic (exact) mass is 656 g/mol. The fourth-order valence-electron chi connectivity index (χ4n) is 2.63. The van der Waals surface area contributed by atoms with Crippen molar-refractivity contribution in [3.63, 3.8) is 0 Å². The highest BCUT2D eigenvalue weighted by atomic mass is 28.4. The lowest BCUT2D eigenvalue weighted by molar-refractivity contribution is -0.553. The van der Waals surface area contributed by atoms with E-state index in [-0.39, 0.29) is 12.5 Å². The summed E-state index contributed by atoms with van der Waals surface area (Å²) in [6.45, 7) is 3.13. The van der Waals surface area contributed by atoms with E-state index >= 15 is 0 Å². The minimum absolute atomic E-state index is 0.124. The fourth-order valence-corrected chi connectivity index (χ4v) is 9.20. The number of hydrogen-bond acceptors (Lipinski definition) is 4. The summed E-state index contributed by atoms with van der Waals surface area (Å²) in [5.74, 6) is -21.9. The second-order valence-corrected chi connectivity index (χ2v) is 15.8. The van der Waals surface area contributed by atoms with Crippen LogP contribution >= 0.6 is 0 Å². The molecule has 0 aromatic carbocycles. The second-order valence-electron chi connectivity index (χ2n) is 8.71. The van der Waals surface area contributed by atoms with Crippen molar-refractivity contribution in [3.8, 4) is 0 Å². The van der Waals surface area contributed by atoms with Crippen molar-refractivity contribution < 1.29 is 93.0 Å². The van der Waals surface area contributed by atoms with E-state index in [9.17, 15) is 74.6 Å². The van der Waals surface area contributed by atoms with Gasteiger partial charge in [0.05, 0.1) is 0 Å². The summed E-state index contributed by atoms with van der Waals surface area (Å²) in [6, 6.07) is 0.124. The molecule has 0 saturated heterocycles. The average molecular weight is 656 g/mol. The molecule has 0 saturated carbocycles. The van der Waals surface area contributed by atoms with Gasteiger partial charge in [-0.3, -0.25) is 9.47 Å². The third-order valence-electron chi connectivity index (χ3n) is 4.35. The van der Waals surface area contributed by atoms with Gasteiger partial charge in [0.15, 0.2) is 17.4 Å². The Bertz CT molecular complexity index is 799. The molecule has 0 N–H and O–H groups in total. The number of rotatable bonds is 14. The van der Waals surface area contributed by atoms with Gasteiger partial charge in [-0.2, -0.15) is 74.6 Å². The Balaban J connectivity index is 6.09. The van der Waals surface area contributed by atoms with E-state index in [0.29, 0.717) is 0 Å². The van der Waals surface area contributed by atoms with Crippen LogP contribution in [0.3, 0.4) is 0 Å². The van der Waals surface area contributed by atoms with Crippen molar-refractivity contribution in [1.29, 1.82) is 0 Å². The molecule has 0 spiro atoms. The third kappa shape index (κ3) is 9.03. The van der Waals surface area contributed by atoms with Crippen molar-refractivity contribution in [1.82, 2.24) is 0 Å². The van der Waals surface area contributed by atoms with Crippen LogP contribution in [0.5, 0.6) is 0 Å². The molecule has 0 rings (SSSR count). The predicted octanol–water partition coefficient (Wildman–Crippen LogP) is 7.47. The molecule has 2 unspecified atom stereocenters. The number of alkyl halides is 17. The molecule has 0 aliphatic heterocycles. The van der Waals surface area contributed by atoms with Crippen LogP contribution in [-0.2, 0) is 18.3 Å². The quantitative estimate of drug-likeness (QED) is 0.111. The molecule has 23 heteroatoms.